The molecule has 29 heavy (non-hydrogen) atoms. The Kier molecular flexibility index (Phi) is 5.64. The Labute approximate surface area is 172 Å². The van der Waals surface area contributed by atoms with E-state index in [2.05, 4.69) is 11.1 Å². The Morgan fingerprint density at radius 1 is 1.21 bits per heavy atom. The number of aryl methyl sites for hydroxylation is 2. The van der Waals surface area contributed by atoms with Crippen molar-refractivity contribution in [3.8, 4) is 17.3 Å². The minimum atomic E-state index is 0.0825. The number of pyridine rings is 1. The van der Waals surface area contributed by atoms with Crippen molar-refractivity contribution in [1.29, 1.82) is 5.26 Å². The topological polar surface area (TPSA) is 66.2 Å². The Morgan fingerprint density at radius 2 is 1.97 bits per heavy atom. The van der Waals surface area contributed by atoms with Crippen molar-refractivity contribution in [2.24, 2.45) is 5.92 Å². The van der Waals surface area contributed by atoms with Crippen LogP contribution in [0.2, 0.25) is 0 Å². The molecule has 1 aromatic heterocycles. The van der Waals surface area contributed by atoms with E-state index in [1.54, 1.807) is 0 Å². The van der Waals surface area contributed by atoms with E-state index >= 15 is 0 Å². The molecule has 1 saturated heterocycles. The molecule has 2 fully saturated rings. The predicted molar refractivity (Wildman–Crippen MR) is 111 cm³/mol. The summed E-state index contributed by atoms with van der Waals surface area (Å²) < 4.78 is 5.76. The average Bonchev–Trinajstić information content (AvgIpc) is 3.39. The van der Waals surface area contributed by atoms with Crippen LogP contribution >= 0.6 is 0 Å². The second kappa shape index (κ2) is 8.34. The van der Waals surface area contributed by atoms with E-state index in [0.29, 0.717) is 23.6 Å². The van der Waals surface area contributed by atoms with Gasteiger partial charge < -0.3 is 9.64 Å². The molecule has 1 saturated carbocycles. The molecule has 0 unspecified atom stereocenters. The highest BCUT2D eigenvalue weighted by Gasteiger charge is 2.30. The Balaban J connectivity index is 1.52. The zero-order valence-corrected chi connectivity index (χ0v) is 17.1. The molecular weight excluding hydrogens is 362 g/mol. The van der Waals surface area contributed by atoms with Gasteiger partial charge in [-0.05, 0) is 69.2 Å². The van der Waals surface area contributed by atoms with E-state index in [4.69, 9.17) is 4.74 Å². The van der Waals surface area contributed by atoms with Gasteiger partial charge in [0.15, 0.2) is 0 Å². The third-order valence-corrected chi connectivity index (χ3v) is 5.85. The molecule has 5 nitrogen and oxygen atoms in total. The Morgan fingerprint density at radius 3 is 2.55 bits per heavy atom. The lowest BCUT2D eigenvalue weighted by atomic mass is 10.0. The fourth-order valence-corrected chi connectivity index (χ4v) is 4.00. The lowest BCUT2D eigenvalue weighted by molar-refractivity contribution is 0.0515. The van der Waals surface area contributed by atoms with Crippen molar-refractivity contribution in [1.82, 2.24) is 9.88 Å². The molecule has 2 aliphatic rings. The molecular formula is C24H27N3O2. The molecule has 2 aromatic rings. The van der Waals surface area contributed by atoms with Crippen LogP contribution in [0, 0.1) is 31.1 Å². The van der Waals surface area contributed by atoms with Gasteiger partial charge in [0.2, 0.25) is 0 Å². The summed E-state index contributed by atoms with van der Waals surface area (Å²) in [4.78, 5) is 19.7. The van der Waals surface area contributed by atoms with E-state index in [9.17, 15) is 10.1 Å². The molecule has 0 N–H and O–H groups in total. The molecule has 1 aliphatic carbocycles. The quantitative estimate of drug-likeness (QED) is 0.740. The first-order chi connectivity index (χ1) is 14.0. The predicted octanol–water partition coefficient (Wildman–Crippen LogP) is 4.27. The van der Waals surface area contributed by atoms with Crippen molar-refractivity contribution < 1.29 is 9.53 Å². The third kappa shape index (κ3) is 4.49. The number of rotatable bonds is 6. The second-order valence-electron chi connectivity index (χ2n) is 8.26. The summed E-state index contributed by atoms with van der Waals surface area (Å²) in [5, 5.41) is 9.24. The van der Waals surface area contributed by atoms with Crippen molar-refractivity contribution in [2.45, 2.75) is 45.6 Å². The third-order valence-electron chi connectivity index (χ3n) is 5.85. The number of nitriles is 1. The van der Waals surface area contributed by atoms with Gasteiger partial charge in [0.1, 0.15) is 6.07 Å². The van der Waals surface area contributed by atoms with Gasteiger partial charge in [-0.3, -0.25) is 9.78 Å². The maximum absolute atomic E-state index is 13.2. The first-order valence-corrected chi connectivity index (χ1v) is 10.4. The molecule has 2 heterocycles. The molecule has 0 spiro atoms. The zero-order chi connectivity index (χ0) is 20.4. The first kappa shape index (κ1) is 19.6. The number of amides is 1. The molecule has 1 amide bonds. The largest absolute Gasteiger partial charge is 0.376 e. The van der Waals surface area contributed by atoms with Crippen LogP contribution in [0.1, 0.15) is 52.9 Å². The van der Waals surface area contributed by atoms with E-state index in [1.165, 1.54) is 12.8 Å². The summed E-state index contributed by atoms with van der Waals surface area (Å²) in [6, 6.07) is 11.8. The van der Waals surface area contributed by atoms with Crippen LogP contribution in [0.4, 0.5) is 0 Å². The summed E-state index contributed by atoms with van der Waals surface area (Å²) in [7, 11) is 0. The highest BCUT2D eigenvalue weighted by atomic mass is 16.5. The van der Waals surface area contributed by atoms with Gasteiger partial charge in [-0.2, -0.15) is 5.26 Å². The summed E-state index contributed by atoms with van der Waals surface area (Å²) in [5.74, 6) is 0.729. The van der Waals surface area contributed by atoms with Crippen LogP contribution < -0.4 is 0 Å². The van der Waals surface area contributed by atoms with Crippen LogP contribution in [0.5, 0.6) is 0 Å². The van der Waals surface area contributed by atoms with Crippen LogP contribution in [0.25, 0.3) is 11.3 Å². The Bertz CT molecular complexity index is 913. The van der Waals surface area contributed by atoms with Crippen molar-refractivity contribution in [2.75, 3.05) is 19.7 Å². The minimum Gasteiger partial charge on any atom is -0.376 e. The molecule has 1 aromatic carbocycles. The molecule has 0 bridgehead atoms. The maximum Gasteiger partial charge on any atom is 0.253 e. The van der Waals surface area contributed by atoms with Gasteiger partial charge in [-0.15, -0.1) is 0 Å². The molecule has 1 aliphatic heterocycles. The standard InChI is InChI=1S/C24H27N3O2/c1-16-12-23(26-17(2)22(16)13-25)19-7-9-20(10-8-19)24(28)27(14-18-5-6-18)15-21-4-3-11-29-21/h7-10,12,18,21H,3-6,11,14-15H2,1-2H3/t21-/m0/s1. The van der Waals surface area contributed by atoms with Crippen molar-refractivity contribution in [3.63, 3.8) is 0 Å². The van der Waals surface area contributed by atoms with Crippen LogP contribution in [-0.2, 0) is 4.74 Å². The van der Waals surface area contributed by atoms with Crippen LogP contribution in [0.3, 0.4) is 0 Å². The monoisotopic (exact) mass is 389 g/mol. The van der Waals surface area contributed by atoms with E-state index in [0.717, 1.165) is 48.5 Å². The fraction of sp³-hybridized carbons (Fsp3) is 0.458. The molecule has 4 rings (SSSR count). The van der Waals surface area contributed by atoms with Gasteiger partial charge >= 0.3 is 0 Å². The normalized spacial score (nSPS) is 18.4. The minimum absolute atomic E-state index is 0.0825. The highest BCUT2D eigenvalue weighted by molar-refractivity contribution is 5.94. The number of benzene rings is 1. The molecule has 150 valence electrons. The van der Waals surface area contributed by atoms with E-state index in [-0.39, 0.29) is 12.0 Å². The number of nitrogens with zero attached hydrogens (tertiary/aromatic N) is 3. The molecule has 5 heteroatoms. The lowest BCUT2D eigenvalue weighted by Crippen LogP contribution is -2.38. The number of hydrogen-bond donors (Lipinski definition) is 0. The van der Waals surface area contributed by atoms with Gasteiger partial charge in [-0.1, -0.05) is 12.1 Å². The number of carbonyl (C=O) groups excluding carboxylic acids is 1. The smallest absolute Gasteiger partial charge is 0.253 e. The summed E-state index contributed by atoms with van der Waals surface area (Å²) >= 11 is 0. The van der Waals surface area contributed by atoms with Gasteiger partial charge in [0.25, 0.3) is 5.91 Å². The van der Waals surface area contributed by atoms with Crippen molar-refractivity contribution in [3.05, 3.63) is 52.7 Å². The van der Waals surface area contributed by atoms with E-state index in [1.807, 2.05) is 49.1 Å². The Hall–Kier alpha value is -2.71. The van der Waals surface area contributed by atoms with Gasteiger partial charge in [-0.25, -0.2) is 0 Å². The SMILES string of the molecule is Cc1cc(-c2ccc(C(=O)N(CC3CC3)C[C@@H]3CCCO3)cc2)nc(C)c1C#N. The van der Waals surface area contributed by atoms with Gasteiger partial charge in [0.05, 0.1) is 23.1 Å². The first-order valence-electron chi connectivity index (χ1n) is 10.4. The molecule has 0 radical (unpaired) electrons. The average molecular weight is 389 g/mol. The fourth-order valence-electron chi connectivity index (χ4n) is 4.00. The number of aromatic nitrogens is 1. The number of hydrogen-bond acceptors (Lipinski definition) is 4. The van der Waals surface area contributed by atoms with Crippen LogP contribution in [0.15, 0.2) is 30.3 Å². The number of carbonyl (C=O) groups is 1. The lowest BCUT2D eigenvalue weighted by Gasteiger charge is -2.25. The van der Waals surface area contributed by atoms with Crippen LogP contribution in [-0.4, -0.2) is 41.6 Å². The number of ether oxygens (including phenoxy) is 1. The second-order valence-corrected chi connectivity index (χ2v) is 8.26. The van der Waals surface area contributed by atoms with Gasteiger partial charge in [0, 0.05) is 30.8 Å². The summed E-state index contributed by atoms with van der Waals surface area (Å²) in [6.45, 7) is 6.10. The maximum atomic E-state index is 13.2. The highest BCUT2D eigenvalue weighted by Crippen LogP contribution is 2.31. The summed E-state index contributed by atoms with van der Waals surface area (Å²) in [5.41, 5.74) is 4.76. The summed E-state index contributed by atoms with van der Waals surface area (Å²) in [6.07, 6.45) is 4.73. The molecule has 1 atom stereocenters. The zero-order valence-electron chi connectivity index (χ0n) is 17.1. The van der Waals surface area contributed by atoms with Crippen molar-refractivity contribution >= 4 is 5.91 Å². The van der Waals surface area contributed by atoms with E-state index < -0.39 is 0 Å².